The molecule has 1 heterocycles. The number of hydrogen-bond acceptors (Lipinski definition) is 3. The van der Waals surface area contributed by atoms with E-state index in [2.05, 4.69) is 122 Å². The van der Waals surface area contributed by atoms with Crippen molar-refractivity contribution in [1.82, 2.24) is 15.6 Å². The maximum absolute atomic E-state index is 4.95. The molecular formula is C23H43N3Si2. The smallest absolute Gasteiger partial charge is 0.0978 e. The molecular weight excluding hydrogens is 374 g/mol. The van der Waals surface area contributed by atoms with E-state index in [1.807, 2.05) is 0 Å². The van der Waals surface area contributed by atoms with Gasteiger partial charge in [0, 0.05) is 11.1 Å². The minimum Gasteiger partial charge on any atom is -0.387 e. The van der Waals surface area contributed by atoms with Gasteiger partial charge in [-0.1, -0.05) is 45.3 Å². The summed E-state index contributed by atoms with van der Waals surface area (Å²) in [4.78, 5) is 4.95. The largest absolute Gasteiger partial charge is 0.387 e. The summed E-state index contributed by atoms with van der Waals surface area (Å²) in [6.07, 6.45) is 4.50. The fourth-order valence-electron chi connectivity index (χ4n) is 2.61. The molecule has 3 nitrogen and oxygen atoms in total. The van der Waals surface area contributed by atoms with E-state index in [4.69, 9.17) is 4.98 Å². The van der Waals surface area contributed by atoms with Gasteiger partial charge in [0.25, 0.3) is 0 Å². The van der Waals surface area contributed by atoms with Gasteiger partial charge < -0.3 is 10.6 Å². The Morgan fingerprint density at radius 2 is 1.04 bits per heavy atom. The monoisotopic (exact) mass is 417 g/mol. The van der Waals surface area contributed by atoms with E-state index in [0.29, 0.717) is 0 Å². The third-order valence-corrected chi connectivity index (χ3v) is 7.78. The van der Waals surface area contributed by atoms with Gasteiger partial charge in [-0.25, -0.2) is 4.98 Å². The topological polar surface area (TPSA) is 37.0 Å². The van der Waals surface area contributed by atoms with Gasteiger partial charge in [0.15, 0.2) is 0 Å². The van der Waals surface area contributed by atoms with Gasteiger partial charge in [-0.05, 0) is 76.5 Å². The van der Waals surface area contributed by atoms with Crippen molar-refractivity contribution in [2.24, 2.45) is 0 Å². The van der Waals surface area contributed by atoms with Crippen molar-refractivity contribution >= 4 is 28.3 Å². The Kier molecular flexibility index (Phi) is 7.57. The van der Waals surface area contributed by atoms with E-state index in [-0.39, 0.29) is 11.1 Å². The highest BCUT2D eigenvalue weighted by atomic mass is 28.3. The van der Waals surface area contributed by atoms with Crippen LogP contribution in [0, 0.1) is 0 Å². The van der Waals surface area contributed by atoms with E-state index in [0.717, 1.165) is 11.4 Å². The van der Waals surface area contributed by atoms with E-state index >= 15 is 0 Å². The highest BCUT2D eigenvalue weighted by molar-refractivity contribution is 6.84. The van der Waals surface area contributed by atoms with Gasteiger partial charge in [-0.15, -0.1) is 0 Å². The van der Waals surface area contributed by atoms with Gasteiger partial charge >= 0.3 is 0 Å². The molecule has 28 heavy (non-hydrogen) atoms. The molecule has 0 aliphatic carbocycles. The minimum atomic E-state index is -1.50. The second-order valence-electron chi connectivity index (χ2n) is 11.9. The second-order valence-corrected chi connectivity index (χ2v) is 21.9. The van der Waals surface area contributed by atoms with Crippen LogP contribution in [0.3, 0.4) is 0 Å². The van der Waals surface area contributed by atoms with Crippen LogP contribution in [0.4, 0.5) is 0 Å². The van der Waals surface area contributed by atoms with Crippen LogP contribution in [-0.4, -0.2) is 32.2 Å². The summed E-state index contributed by atoms with van der Waals surface area (Å²) in [7, 11) is -3.00. The number of aromatic nitrogens is 1. The summed E-state index contributed by atoms with van der Waals surface area (Å²) >= 11 is 0. The number of pyridine rings is 1. The first-order valence-electron chi connectivity index (χ1n) is 10.3. The van der Waals surface area contributed by atoms with Crippen molar-refractivity contribution in [2.75, 3.05) is 0 Å². The van der Waals surface area contributed by atoms with Gasteiger partial charge in [0.05, 0.1) is 27.5 Å². The van der Waals surface area contributed by atoms with Crippen molar-refractivity contribution < 1.29 is 0 Å². The van der Waals surface area contributed by atoms with Crippen molar-refractivity contribution in [2.45, 2.75) is 91.9 Å². The lowest BCUT2D eigenvalue weighted by Gasteiger charge is -2.31. The Balaban J connectivity index is 3.36. The summed E-state index contributed by atoms with van der Waals surface area (Å²) in [6.45, 7) is 27.5. The molecule has 0 saturated carbocycles. The first-order valence-corrected chi connectivity index (χ1v) is 17.3. The van der Waals surface area contributed by atoms with E-state index in [1.54, 1.807) is 0 Å². The predicted molar refractivity (Wildman–Crippen MR) is 133 cm³/mol. The van der Waals surface area contributed by atoms with Crippen LogP contribution in [-0.2, 0) is 0 Å². The van der Waals surface area contributed by atoms with Crippen LogP contribution in [0.2, 0.25) is 39.3 Å². The van der Waals surface area contributed by atoms with Crippen LogP contribution in [0.15, 0.2) is 28.8 Å². The zero-order valence-corrected chi connectivity index (χ0v) is 22.3. The summed E-state index contributed by atoms with van der Waals surface area (Å²) in [5.41, 5.74) is 2.14. The first-order chi connectivity index (χ1) is 12.4. The first kappa shape index (κ1) is 24.7. The summed E-state index contributed by atoms with van der Waals surface area (Å²) < 4.78 is 0. The lowest BCUT2D eigenvalue weighted by molar-refractivity contribution is 0.484. The van der Waals surface area contributed by atoms with E-state index in [9.17, 15) is 0 Å². The van der Waals surface area contributed by atoms with Crippen LogP contribution in [0.25, 0.3) is 12.2 Å². The predicted octanol–water partition coefficient (Wildman–Crippen LogP) is 6.29. The third-order valence-electron chi connectivity index (χ3n) is 4.01. The Hall–Kier alpha value is -1.34. The number of nitrogens with one attached hydrogen (secondary N) is 2. The molecule has 0 aliphatic heterocycles. The van der Waals surface area contributed by atoms with Crippen molar-refractivity contribution in [1.29, 1.82) is 0 Å². The maximum atomic E-state index is 4.95. The molecule has 0 aliphatic rings. The molecule has 0 atom stereocenters. The Morgan fingerprint density at radius 3 is 1.29 bits per heavy atom. The van der Waals surface area contributed by atoms with Gasteiger partial charge in [0.2, 0.25) is 0 Å². The number of nitrogens with zero attached hydrogens (tertiary/aromatic N) is 1. The zero-order valence-electron chi connectivity index (χ0n) is 20.3. The van der Waals surface area contributed by atoms with Gasteiger partial charge in [-0.2, -0.15) is 0 Å². The SMILES string of the molecule is CC(C)(C)N/C(=C/c1cccc(/C=C(/NC(C)(C)C)[Si](C)(C)C)n1)[Si](C)(C)C. The fraction of sp³-hybridized carbons (Fsp3) is 0.609. The Labute approximate surface area is 176 Å². The van der Waals surface area contributed by atoms with Crippen LogP contribution >= 0.6 is 0 Å². The van der Waals surface area contributed by atoms with Gasteiger partial charge in [0.1, 0.15) is 0 Å². The van der Waals surface area contributed by atoms with Crippen LogP contribution in [0.5, 0.6) is 0 Å². The zero-order chi connectivity index (χ0) is 22.0. The van der Waals surface area contributed by atoms with Crippen LogP contribution in [0.1, 0.15) is 52.9 Å². The fourth-order valence-corrected chi connectivity index (χ4v) is 5.28. The molecule has 0 aromatic carbocycles. The second kappa shape index (κ2) is 8.58. The highest BCUT2D eigenvalue weighted by Gasteiger charge is 2.25. The molecule has 0 saturated heterocycles. The quantitative estimate of drug-likeness (QED) is 0.534. The minimum absolute atomic E-state index is 0.0469. The number of rotatable bonds is 6. The molecule has 2 N–H and O–H groups in total. The summed E-state index contributed by atoms with van der Waals surface area (Å²) in [5.74, 6) is 0. The standard InChI is InChI=1S/C23H43N3Si2/c1-22(2,3)25-20(27(7,8)9)16-18-14-13-15-19(24-18)17-21(28(10,11)12)26-23(4,5)6/h13-17,25-26H,1-12H3/b20-16-,21-17-. The average molecular weight is 418 g/mol. The molecule has 1 rings (SSSR count). The molecule has 0 radical (unpaired) electrons. The molecule has 0 spiro atoms. The van der Waals surface area contributed by atoms with Gasteiger partial charge in [-0.3, -0.25) is 0 Å². The lowest BCUT2D eigenvalue weighted by atomic mass is 10.1. The maximum Gasteiger partial charge on any atom is 0.0978 e. The molecule has 0 bridgehead atoms. The van der Waals surface area contributed by atoms with Crippen molar-refractivity contribution in [3.63, 3.8) is 0 Å². The highest BCUT2D eigenvalue weighted by Crippen LogP contribution is 2.21. The average Bonchev–Trinajstić information content (AvgIpc) is 2.41. The van der Waals surface area contributed by atoms with Crippen molar-refractivity contribution in [3.05, 3.63) is 40.2 Å². The molecule has 158 valence electrons. The molecule has 0 amide bonds. The van der Waals surface area contributed by atoms with E-state index in [1.165, 1.54) is 10.6 Å². The summed E-state index contributed by atoms with van der Waals surface area (Å²) in [6, 6.07) is 6.32. The van der Waals surface area contributed by atoms with Crippen molar-refractivity contribution in [3.8, 4) is 0 Å². The summed E-state index contributed by atoms with van der Waals surface area (Å²) in [5, 5.41) is 10.1. The van der Waals surface area contributed by atoms with Crippen LogP contribution < -0.4 is 10.6 Å². The normalized spacial score (nSPS) is 14.9. The Morgan fingerprint density at radius 1 is 0.714 bits per heavy atom. The Bertz CT molecular complexity index is 663. The molecule has 5 heteroatoms. The molecule has 1 aromatic rings. The van der Waals surface area contributed by atoms with E-state index < -0.39 is 16.1 Å². The number of hydrogen-bond donors (Lipinski definition) is 2. The third kappa shape index (κ3) is 9.24. The lowest BCUT2D eigenvalue weighted by Crippen LogP contribution is -2.43. The molecule has 0 unspecified atom stereocenters. The molecule has 1 aromatic heterocycles. The molecule has 0 fully saturated rings.